The Bertz CT molecular complexity index is 1350. The smallest absolute Gasteiger partial charge is 0.416 e. The summed E-state index contributed by atoms with van der Waals surface area (Å²) in [5.41, 5.74) is -1.57. The molecule has 0 aromatic heterocycles. The van der Waals surface area contributed by atoms with Crippen molar-refractivity contribution in [2.45, 2.75) is 25.6 Å². The summed E-state index contributed by atoms with van der Waals surface area (Å²) in [5.74, 6) is -0.916. The number of anilines is 1. The predicted octanol–water partition coefficient (Wildman–Crippen LogP) is 4.06. The summed E-state index contributed by atoms with van der Waals surface area (Å²) in [6.45, 7) is 6.41. The number of carbonyl (C=O) groups excluding carboxylic acids is 2. The lowest BCUT2D eigenvalue weighted by Crippen LogP contribution is -2.53. The second kappa shape index (κ2) is 15.7. The molecule has 15 heteroatoms. The van der Waals surface area contributed by atoms with Gasteiger partial charge in [-0.3, -0.25) is 24.6 Å². The molecule has 246 valence electrons. The molecule has 2 heterocycles. The Labute approximate surface area is 264 Å². The van der Waals surface area contributed by atoms with Crippen molar-refractivity contribution in [3.05, 3.63) is 63.2 Å². The number of piperazine rings is 1. The molecule has 0 bridgehead atoms. The highest BCUT2D eigenvalue weighted by Gasteiger charge is 2.37. The van der Waals surface area contributed by atoms with E-state index in [-0.39, 0.29) is 47.5 Å². The number of nitrogens with zero attached hydrogens (tertiary/aromatic N) is 4. The lowest BCUT2D eigenvalue weighted by atomic mass is 9.96. The number of hydrogen-bond donors (Lipinski definition) is 2. The Morgan fingerprint density at radius 3 is 2.47 bits per heavy atom. The van der Waals surface area contributed by atoms with Crippen molar-refractivity contribution in [3.8, 4) is 5.75 Å². The van der Waals surface area contributed by atoms with E-state index in [2.05, 4.69) is 27.5 Å². The van der Waals surface area contributed by atoms with Crippen LogP contribution >= 0.6 is 11.6 Å². The molecule has 0 spiro atoms. The molecule has 0 atom stereocenters. The maximum atomic E-state index is 14.0. The number of hydrogen-bond acceptors (Lipinski definition) is 8. The number of benzene rings is 2. The first kappa shape index (κ1) is 34.4. The van der Waals surface area contributed by atoms with Gasteiger partial charge in [-0.25, -0.2) is 0 Å². The predicted molar refractivity (Wildman–Crippen MR) is 164 cm³/mol. The first-order valence-corrected chi connectivity index (χ1v) is 15.4. The van der Waals surface area contributed by atoms with E-state index >= 15 is 0 Å². The van der Waals surface area contributed by atoms with Crippen LogP contribution in [0.1, 0.15) is 34.3 Å². The van der Waals surface area contributed by atoms with E-state index in [1.165, 1.54) is 24.3 Å². The Balaban J connectivity index is 1.30. The summed E-state index contributed by atoms with van der Waals surface area (Å²) in [6.07, 6.45) is -3.39. The van der Waals surface area contributed by atoms with Gasteiger partial charge >= 0.3 is 11.9 Å². The number of amides is 2. The van der Waals surface area contributed by atoms with Crippen molar-refractivity contribution in [2.24, 2.45) is 5.92 Å². The first-order valence-electron chi connectivity index (χ1n) is 14.8. The van der Waals surface area contributed by atoms with Gasteiger partial charge in [-0.2, -0.15) is 13.2 Å². The van der Waals surface area contributed by atoms with E-state index in [9.17, 15) is 32.9 Å². The summed E-state index contributed by atoms with van der Waals surface area (Å²) in [6, 6.07) is 7.05. The minimum absolute atomic E-state index is 0.00632. The third-order valence-corrected chi connectivity index (χ3v) is 8.16. The second-order valence-electron chi connectivity index (χ2n) is 11.3. The van der Waals surface area contributed by atoms with Crippen LogP contribution in [0.15, 0.2) is 36.4 Å². The topological polar surface area (TPSA) is 120 Å². The standard InChI is InChI=1S/C30H38ClF3N6O5/c1-37-11-13-38(14-12-37)10-3-9-35-28(41)23-19-39(20-23)18-22-4-6-24(17-25(22)30(32,33)34)36-29(42)21-5-7-27(45-15-2-8-31)26(16-21)40(43)44/h4-7,16-17,23H,2-3,8-15,18-20H2,1H3,(H,35,41)(H,36,42). The number of nitro groups is 1. The molecule has 2 aromatic carbocycles. The van der Waals surface area contributed by atoms with Crippen LogP contribution in [0.25, 0.3) is 0 Å². The van der Waals surface area contributed by atoms with E-state index in [0.717, 1.165) is 51.3 Å². The van der Waals surface area contributed by atoms with Gasteiger partial charge in [0.25, 0.3) is 5.91 Å². The summed E-state index contributed by atoms with van der Waals surface area (Å²) in [7, 11) is 2.10. The van der Waals surface area contributed by atoms with Gasteiger partial charge in [0.1, 0.15) is 0 Å². The number of ether oxygens (including phenoxy) is 1. The van der Waals surface area contributed by atoms with E-state index in [1.54, 1.807) is 4.90 Å². The van der Waals surface area contributed by atoms with Crippen molar-refractivity contribution < 1.29 is 32.4 Å². The molecule has 0 unspecified atom stereocenters. The van der Waals surface area contributed by atoms with Crippen LogP contribution < -0.4 is 15.4 Å². The van der Waals surface area contributed by atoms with Crippen molar-refractivity contribution in [1.82, 2.24) is 20.0 Å². The van der Waals surface area contributed by atoms with E-state index < -0.39 is 28.3 Å². The maximum Gasteiger partial charge on any atom is 0.416 e. The molecular formula is C30H38ClF3N6O5. The quantitative estimate of drug-likeness (QED) is 0.136. The number of halogens is 4. The van der Waals surface area contributed by atoms with Crippen LogP contribution in [0.5, 0.6) is 5.75 Å². The molecular weight excluding hydrogens is 617 g/mol. The number of likely N-dealkylation sites (tertiary alicyclic amines) is 1. The molecule has 2 N–H and O–H groups in total. The fourth-order valence-electron chi connectivity index (χ4n) is 5.26. The number of likely N-dealkylation sites (N-methyl/N-ethyl adjacent to an activating group) is 1. The lowest BCUT2D eigenvalue weighted by Gasteiger charge is -2.38. The maximum absolute atomic E-state index is 14.0. The SMILES string of the molecule is CN1CCN(CCCNC(=O)C2CN(Cc3ccc(NC(=O)c4ccc(OCCCCl)c([N+](=O)[O-])c4)cc3C(F)(F)F)C2)CC1. The molecule has 45 heavy (non-hydrogen) atoms. The number of alkyl halides is 4. The normalized spacial score (nSPS) is 16.6. The van der Waals surface area contributed by atoms with E-state index in [4.69, 9.17) is 16.3 Å². The molecule has 2 aromatic rings. The zero-order chi connectivity index (χ0) is 32.6. The second-order valence-corrected chi connectivity index (χ2v) is 11.7. The largest absolute Gasteiger partial charge is 0.487 e. The van der Waals surface area contributed by atoms with Crippen LogP contribution in [-0.4, -0.2) is 103 Å². The Morgan fingerprint density at radius 2 is 1.80 bits per heavy atom. The Kier molecular flexibility index (Phi) is 12.0. The van der Waals surface area contributed by atoms with Gasteiger partial charge in [0.05, 0.1) is 23.0 Å². The molecule has 2 fully saturated rings. The lowest BCUT2D eigenvalue weighted by molar-refractivity contribution is -0.385. The third-order valence-electron chi connectivity index (χ3n) is 7.89. The van der Waals surface area contributed by atoms with Gasteiger partial charge < -0.3 is 25.2 Å². The minimum Gasteiger partial charge on any atom is -0.487 e. The Morgan fingerprint density at radius 1 is 1.07 bits per heavy atom. The molecule has 0 saturated carbocycles. The van der Waals surface area contributed by atoms with Crippen LogP contribution in [0.2, 0.25) is 0 Å². The minimum atomic E-state index is -4.69. The number of nitrogens with one attached hydrogen (secondary N) is 2. The van der Waals surface area contributed by atoms with Crippen LogP contribution in [-0.2, 0) is 17.5 Å². The monoisotopic (exact) mass is 654 g/mol. The van der Waals surface area contributed by atoms with Gasteiger partial charge in [0.2, 0.25) is 5.91 Å². The highest BCUT2D eigenvalue weighted by atomic mass is 35.5. The third kappa shape index (κ3) is 9.76. The number of carbonyl (C=O) groups is 2. The van der Waals surface area contributed by atoms with Crippen LogP contribution in [0.4, 0.5) is 24.5 Å². The first-order chi connectivity index (χ1) is 21.4. The zero-order valence-electron chi connectivity index (χ0n) is 25.1. The van der Waals surface area contributed by atoms with E-state index in [0.29, 0.717) is 31.9 Å². The summed E-state index contributed by atoms with van der Waals surface area (Å²) >= 11 is 5.60. The van der Waals surface area contributed by atoms with Gasteiger partial charge in [0, 0.05) is 75.6 Å². The van der Waals surface area contributed by atoms with Crippen molar-refractivity contribution >= 4 is 34.8 Å². The van der Waals surface area contributed by atoms with Crippen molar-refractivity contribution in [1.29, 1.82) is 0 Å². The zero-order valence-corrected chi connectivity index (χ0v) is 25.8. The summed E-state index contributed by atoms with van der Waals surface area (Å²) < 4.78 is 47.4. The molecule has 2 aliphatic heterocycles. The Hall–Kier alpha value is -3.46. The highest BCUT2D eigenvalue weighted by Crippen LogP contribution is 2.36. The number of nitro benzene ring substituents is 1. The van der Waals surface area contributed by atoms with Crippen LogP contribution in [0, 0.1) is 16.0 Å². The molecule has 11 nitrogen and oxygen atoms in total. The molecule has 0 radical (unpaired) electrons. The summed E-state index contributed by atoms with van der Waals surface area (Å²) in [4.78, 5) is 42.5. The number of rotatable bonds is 14. The molecule has 2 saturated heterocycles. The average molecular weight is 655 g/mol. The fraction of sp³-hybridized carbons (Fsp3) is 0.533. The van der Waals surface area contributed by atoms with Gasteiger partial charge in [-0.05, 0) is 56.3 Å². The van der Waals surface area contributed by atoms with E-state index in [1.807, 2.05) is 0 Å². The molecule has 0 aliphatic carbocycles. The van der Waals surface area contributed by atoms with Crippen LogP contribution in [0.3, 0.4) is 0 Å². The molecule has 2 amide bonds. The van der Waals surface area contributed by atoms with Gasteiger partial charge in [-0.1, -0.05) is 6.07 Å². The average Bonchev–Trinajstić information content (AvgIpc) is 2.98. The highest BCUT2D eigenvalue weighted by molar-refractivity contribution is 6.17. The van der Waals surface area contributed by atoms with Crippen molar-refractivity contribution in [2.75, 3.05) is 77.2 Å². The molecule has 2 aliphatic rings. The van der Waals surface area contributed by atoms with Crippen molar-refractivity contribution in [3.63, 3.8) is 0 Å². The van der Waals surface area contributed by atoms with Gasteiger partial charge in [-0.15, -0.1) is 11.6 Å². The summed E-state index contributed by atoms with van der Waals surface area (Å²) in [5, 5.41) is 16.8. The fourth-order valence-corrected chi connectivity index (χ4v) is 5.36. The van der Waals surface area contributed by atoms with Gasteiger partial charge in [0.15, 0.2) is 5.75 Å². The molecule has 4 rings (SSSR count).